The summed E-state index contributed by atoms with van der Waals surface area (Å²) in [5.41, 5.74) is 6.49. The Hall–Kier alpha value is -1.58. The third kappa shape index (κ3) is 2.75. The van der Waals surface area contributed by atoms with E-state index in [1.54, 1.807) is 18.3 Å². The van der Waals surface area contributed by atoms with E-state index in [-0.39, 0.29) is 11.9 Å². The summed E-state index contributed by atoms with van der Waals surface area (Å²) in [6, 6.07) is 3.63. The number of hydrogen-bond donors (Lipinski definition) is 2. The molecule has 0 spiro atoms. The van der Waals surface area contributed by atoms with Crippen molar-refractivity contribution in [3.05, 3.63) is 24.0 Å². The summed E-state index contributed by atoms with van der Waals surface area (Å²) in [4.78, 5) is 16.0. The van der Waals surface area contributed by atoms with Crippen molar-refractivity contribution in [3.8, 4) is 0 Å². The van der Waals surface area contributed by atoms with Crippen LogP contribution in [-0.2, 0) is 0 Å². The van der Waals surface area contributed by atoms with Gasteiger partial charge in [0.05, 0.1) is 5.69 Å². The van der Waals surface area contributed by atoms with Crippen molar-refractivity contribution in [2.45, 2.75) is 38.6 Å². The number of amides is 1. The van der Waals surface area contributed by atoms with Gasteiger partial charge in [-0.2, -0.15) is 0 Å². The minimum atomic E-state index is -0.164. The van der Waals surface area contributed by atoms with Crippen LogP contribution in [0, 0.1) is 5.92 Å². The molecule has 0 aliphatic heterocycles. The molecular weight excluding hydrogens is 214 g/mol. The Balaban J connectivity index is 1.99. The maximum absolute atomic E-state index is 12.0. The van der Waals surface area contributed by atoms with Crippen LogP contribution in [0.4, 0.5) is 5.69 Å². The van der Waals surface area contributed by atoms with E-state index in [0.717, 1.165) is 0 Å². The molecule has 4 heteroatoms. The molecule has 92 valence electrons. The number of pyridine rings is 1. The van der Waals surface area contributed by atoms with E-state index in [1.807, 2.05) is 0 Å². The number of carbonyl (C=O) groups is 1. The van der Waals surface area contributed by atoms with E-state index in [0.29, 0.717) is 17.3 Å². The molecule has 0 radical (unpaired) electrons. The molecule has 1 amide bonds. The van der Waals surface area contributed by atoms with E-state index in [2.05, 4.69) is 17.2 Å². The highest BCUT2D eigenvalue weighted by atomic mass is 16.1. The highest BCUT2D eigenvalue weighted by Gasteiger charge is 2.23. The van der Waals surface area contributed by atoms with Gasteiger partial charge in [0.15, 0.2) is 5.69 Å². The molecule has 0 saturated heterocycles. The molecule has 3 N–H and O–H groups in total. The van der Waals surface area contributed by atoms with Crippen LogP contribution in [0.3, 0.4) is 0 Å². The molecule has 0 unspecified atom stereocenters. The van der Waals surface area contributed by atoms with Crippen molar-refractivity contribution in [1.29, 1.82) is 0 Å². The average Bonchev–Trinajstić information content (AvgIpc) is 2.82. The van der Waals surface area contributed by atoms with Crippen molar-refractivity contribution in [2.75, 3.05) is 5.73 Å². The zero-order chi connectivity index (χ0) is 12.3. The highest BCUT2D eigenvalue weighted by Crippen LogP contribution is 2.27. The summed E-state index contributed by atoms with van der Waals surface area (Å²) >= 11 is 0. The lowest BCUT2D eigenvalue weighted by Gasteiger charge is -2.20. The largest absolute Gasteiger partial charge is 0.397 e. The number of carbonyl (C=O) groups excluding carboxylic acids is 1. The van der Waals surface area contributed by atoms with E-state index in [4.69, 9.17) is 5.73 Å². The van der Waals surface area contributed by atoms with Gasteiger partial charge < -0.3 is 11.1 Å². The van der Waals surface area contributed by atoms with Crippen molar-refractivity contribution in [2.24, 2.45) is 5.92 Å². The first-order chi connectivity index (χ1) is 8.18. The smallest absolute Gasteiger partial charge is 0.272 e. The number of hydrogen-bond acceptors (Lipinski definition) is 3. The van der Waals surface area contributed by atoms with Gasteiger partial charge in [-0.15, -0.1) is 0 Å². The monoisotopic (exact) mass is 233 g/mol. The van der Waals surface area contributed by atoms with Gasteiger partial charge in [0, 0.05) is 12.2 Å². The standard InChI is InChI=1S/C13H19N3O/c1-9(10-5-2-3-6-10)16-13(17)12-11(14)7-4-8-15-12/h4,7-10H,2-3,5-6,14H2,1H3,(H,16,17)/t9-/m1/s1. The van der Waals surface area contributed by atoms with E-state index < -0.39 is 0 Å². The molecule has 1 aliphatic rings. The molecule has 1 fully saturated rings. The highest BCUT2D eigenvalue weighted by molar-refractivity contribution is 5.97. The number of rotatable bonds is 3. The van der Waals surface area contributed by atoms with E-state index in [1.165, 1.54) is 25.7 Å². The summed E-state index contributed by atoms with van der Waals surface area (Å²) in [6.45, 7) is 2.06. The second kappa shape index (κ2) is 5.17. The van der Waals surface area contributed by atoms with Crippen LogP contribution in [0.25, 0.3) is 0 Å². The van der Waals surface area contributed by atoms with Crippen LogP contribution in [0.15, 0.2) is 18.3 Å². The normalized spacial score (nSPS) is 17.9. The number of nitrogens with zero attached hydrogens (tertiary/aromatic N) is 1. The topological polar surface area (TPSA) is 68.0 Å². The van der Waals surface area contributed by atoms with Crippen LogP contribution in [-0.4, -0.2) is 16.9 Å². The van der Waals surface area contributed by atoms with E-state index in [9.17, 15) is 4.79 Å². The van der Waals surface area contributed by atoms with Crippen LogP contribution >= 0.6 is 0 Å². The first-order valence-electron chi connectivity index (χ1n) is 6.20. The van der Waals surface area contributed by atoms with Gasteiger partial charge in [-0.3, -0.25) is 4.79 Å². The second-order valence-electron chi connectivity index (χ2n) is 4.75. The fourth-order valence-corrected chi connectivity index (χ4v) is 2.46. The van der Waals surface area contributed by atoms with Crippen LogP contribution in [0.1, 0.15) is 43.1 Å². The van der Waals surface area contributed by atoms with Crippen molar-refractivity contribution < 1.29 is 4.79 Å². The molecule has 1 atom stereocenters. The maximum atomic E-state index is 12.0. The molecular formula is C13H19N3O. The van der Waals surface area contributed by atoms with Crippen molar-refractivity contribution in [1.82, 2.24) is 10.3 Å². The second-order valence-corrected chi connectivity index (χ2v) is 4.75. The Morgan fingerprint density at radius 1 is 1.53 bits per heavy atom. The van der Waals surface area contributed by atoms with Crippen molar-refractivity contribution in [3.63, 3.8) is 0 Å². The number of nitrogens with two attached hydrogens (primary N) is 1. The van der Waals surface area contributed by atoms with Crippen LogP contribution in [0.2, 0.25) is 0 Å². The van der Waals surface area contributed by atoms with Gasteiger partial charge in [0.1, 0.15) is 0 Å². The average molecular weight is 233 g/mol. The molecule has 1 aromatic rings. The molecule has 0 bridgehead atoms. The van der Waals surface area contributed by atoms with Gasteiger partial charge >= 0.3 is 0 Å². The predicted octanol–water partition coefficient (Wildman–Crippen LogP) is 1.97. The molecule has 1 heterocycles. The lowest BCUT2D eigenvalue weighted by molar-refractivity contribution is 0.0923. The minimum absolute atomic E-state index is 0.164. The molecule has 1 aromatic heterocycles. The van der Waals surface area contributed by atoms with Crippen LogP contribution < -0.4 is 11.1 Å². The number of aromatic nitrogens is 1. The lowest BCUT2D eigenvalue weighted by Crippen LogP contribution is -2.37. The summed E-state index contributed by atoms with van der Waals surface area (Å²) in [5, 5.41) is 3.00. The Labute approximate surface area is 102 Å². The SMILES string of the molecule is C[C@@H](NC(=O)c1ncccc1N)C1CCCC1. The number of nitrogen functional groups attached to an aromatic ring is 1. The fourth-order valence-electron chi connectivity index (χ4n) is 2.46. The zero-order valence-electron chi connectivity index (χ0n) is 10.1. The first kappa shape index (κ1) is 11.9. The fraction of sp³-hybridized carbons (Fsp3) is 0.538. The molecule has 17 heavy (non-hydrogen) atoms. The molecule has 1 aliphatic carbocycles. The van der Waals surface area contributed by atoms with Gasteiger partial charge in [-0.25, -0.2) is 4.98 Å². The molecule has 0 aromatic carbocycles. The Morgan fingerprint density at radius 2 is 2.24 bits per heavy atom. The molecule has 4 nitrogen and oxygen atoms in total. The lowest BCUT2D eigenvalue weighted by atomic mass is 10.00. The molecule has 1 saturated carbocycles. The zero-order valence-corrected chi connectivity index (χ0v) is 10.1. The first-order valence-corrected chi connectivity index (χ1v) is 6.20. The predicted molar refractivity (Wildman–Crippen MR) is 67.5 cm³/mol. The maximum Gasteiger partial charge on any atom is 0.272 e. The quantitative estimate of drug-likeness (QED) is 0.838. The number of nitrogens with one attached hydrogen (secondary N) is 1. The van der Waals surface area contributed by atoms with Gasteiger partial charge in [0.25, 0.3) is 5.91 Å². The van der Waals surface area contributed by atoms with Gasteiger partial charge in [-0.05, 0) is 37.8 Å². The third-order valence-electron chi connectivity index (χ3n) is 3.52. The minimum Gasteiger partial charge on any atom is -0.397 e. The summed E-state index contributed by atoms with van der Waals surface area (Å²) in [6.07, 6.45) is 6.55. The van der Waals surface area contributed by atoms with Crippen molar-refractivity contribution >= 4 is 11.6 Å². The molecule has 2 rings (SSSR count). The summed E-state index contributed by atoms with van der Waals surface area (Å²) < 4.78 is 0. The summed E-state index contributed by atoms with van der Waals surface area (Å²) in [7, 11) is 0. The van der Waals surface area contributed by atoms with Gasteiger partial charge in [0.2, 0.25) is 0 Å². The number of anilines is 1. The van der Waals surface area contributed by atoms with Gasteiger partial charge in [-0.1, -0.05) is 12.8 Å². The Morgan fingerprint density at radius 3 is 2.88 bits per heavy atom. The van der Waals surface area contributed by atoms with E-state index >= 15 is 0 Å². The summed E-state index contributed by atoms with van der Waals surface area (Å²) in [5.74, 6) is 0.436. The third-order valence-corrected chi connectivity index (χ3v) is 3.52. The Kier molecular flexibility index (Phi) is 3.61. The van der Waals surface area contributed by atoms with Crippen LogP contribution in [0.5, 0.6) is 0 Å². The Bertz CT molecular complexity index is 399.